The predicted octanol–water partition coefficient (Wildman–Crippen LogP) is 7.19. The zero-order valence-corrected chi connectivity index (χ0v) is 26.2. The van der Waals surface area contributed by atoms with E-state index < -0.39 is 17.1 Å². The fourth-order valence-corrected chi connectivity index (χ4v) is 5.25. The van der Waals surface area contributed by atoms with Gasteiger partial charge < -0.3 is 25.4 Å². The Labute approximate surface area is 265 Å². The van der Waals surface area contributed by atoms with E-state index in [1.54, 1.807) is 85.8 Å². The van der Waals surface area contributed by atoms with Crippen LogP contribution in [-0.4, -0.2) is 37.2 Å². The standard InChI is InChI=1S/C34H32ClN3O5S/c1-21-16-17-26(20-28(21)35)36-32(39)22(2)44-27-14-9-13-25(19-27)37-34(41)29(38-33(40)23-10-6-5-7-11-23)18-24-12-8-15-30(42-3)31(24)43-4/h5-20,22H,1-4H3,(H,36,39)(H,37,41)(H,38,40)/b29-18+. The molecule has 0 bridgehead atoms. The summed E-state index contributed by atoms with van der Waals surface area (Å²) in [6.45, 7) is 3.69. The van der Waals surface area contributed by atoms with E-state index in [9.17, 15) is 14.4 Å². The Morgan fingerprint density at radius 3 is 2.27 bits per heavy atom. The molecule has 3 N–H and O–H groups in total. The highest BCUT2D eigenvalue weighted by molar-refractivity contribution is 8.00. The van der Waals surface area contributed by atoms with Crippen LogP contribution in [0.5, 0.6) is 11.5 Å². The molecule has 0 saturated carbocycles. The minimum atomic E-state index is -0.552. The number of halogens is 1. The van der Waals surface area contributed by atoms with Gasteiger partial charge in [0.05, 0.1) is 19.5 Å². The van der Waals surface area contributed by atoms with E-state index in [1.165, 1.54) is 32.1 Å². The highest BCUT2D eigenvalue weighted by Gasteiger charge is 2.19. The first-order chi connectivity index (χ1) is 21.2. The maximum Gasteiger partial charge on any atom is 0.272 e. The molecule has 3 amide bonds. The summed E-state index contributed by atoms with van der Waals surface area (Å²) in [5, 5.41) is 8.60. The highest BCUT2D eigenvalue weighted by atomic mass is 35.5. The number of methoxy groups -OCH3 is 2. The van der Waals surface area contributed by atoms with Crippen LogP contribution in [0.1, 0.15) is 28.4 Å². The minimum Gasteiger partial charge on any atom is -0.493 e. The van der Waals surface area contributed by atoms with Gasteiger partial charge in [0.25, 0.3) is 11.8 Å². The van der Waals surface area contributed by atoms with Crippen LogP contribution in [-0.2, 0) is 9.59 Å². The lowest BCUT2D eigenvalue weighted by Gasteiger charge is -2.15. The van der Waals surface area contributed by atoms with E-state index in [0.29, 0.717) is 39.0 Å². The Morgan fingerprint density at radius 1 is 0.841 bits per heavy atom. The molecule has 0 fully saturated rings. The van der Waals surface area contributed by atoms with Crippen molar-refractivity contribution in [1.82, 2.24) is 5.32 Å². The van der Waals surface area contributed by atoms with Crippen molar-refractivity contribution >= 4 is 58.5 Å². The molecule has 0 aromatic heterocycles. The van der Waals surface area contributed by atoms with Gasteiger partial charge in [-0.05, 0) is 74.0 Å². The van der Waals surface area contributed by atoms with Crippen LogP contribution in [0, 0.1) is 6.92 Å². The Hall–Kier alpha value is -4.73. The molecule has 4 rings (SSSR count). The molecule has 0 radical (unpaired) electrons. The molecule has 226 valence electrons. The van der Waals surface area contributed by atoms with Crippen LogP contribution >= 0.6 is 23.4 Å². The number of hydrogen-bond acceptors (Lipinski definition) is 6. The molecule has 44 heavy (non-hydrogen) atoms. The molecule has 1 atom stereocenters. The third-order valence-corrected chi connectivity index (χ3v) is 7.98. The number of aryl methyl sites for hydroxylation is 1. The highest BCUT2D eigenvalue weighted by Crippen LogP contribution is 2.32. The average molecular weight is 630 g/mol. The molecule has 0 spiro atoms. The number of hydrogen-bond donors (Lipinski definition) is 3. The monoisotopic (exact) mass is 629 g/mol. The average Bonchev–Trinajstić information content (AvgIpc) is 3.02. The van der Waals surface area contributed by atoms with Crippen LogP contribution in [0.4, 0.5) is 11.4 Å². The van der Waals surface area contributed by atoms with Gasteiger partial charge in [-0.15, -0.1) is 11.8 Å². The fourth-order valence-electron chi connectivity index (χ4n) is 4.14. The summed E-state index contributed by atoms with van der Waals surface area (Å²) in [4.78, 5) is 40.2. The first-order valence-corrected chi connectivity index (χ1v) is 14.9. The summed E-state index contributed by atoms with van der Waals surface area (Å²) in [7, 11) is 3.02. The van der Waals surface area contributed by atoms with Gasteiger partial charge in [0.2, 0.25) is 5.91 Å². The Bertz CT molecular complexity index is 1690. The molecule has 0 aliphatic heterocycles. The number of benzene rings is 4. The van der Waals surface area contributed by atoms with Gasteiger partial charge in [0, 0.05) is 32.4 Å². The Kier molecular flexibility index (Phi) is 11.1. The van der Waals surface area contributed by atoms with Crippen LogP contribution in [0.2, 0.25) is 5.02 Å². The molecule has 4 aromatic rings. The zero-order valence-electron chi connectivity index (χ0n) is 24.6. The molecule has 0 aliphatic carbocycles. The second-order valence-corrected chi connectivity index (χ2v) is 11.5. The van der Waals surface area contributed by atoms with E-state index >= 15 is 0 Å². The van der Waals surface area contributed by atoms with Crippen molar-refractivity contribution in [3.05, 3.63) is 118 Å². The summed E-state index contributed by atoms with van der Waals surface area (Å²) in [5.41, 5.74) is 2.94. The Balaban J connectivity index is 1.53. The smallest absolute Gasteiger partial charge is 0.272 e. The lowest BCUT2D eigenvalue weighted by atomic mass is 10.1. The summed E-state index contributed by atoms with van der Waals surface area (Å²) >= 11 is 7.53. The summed E-state index contributed by atoms with van der Waals surface area (Å²) in [6, 6.07) is 26.3. The molecule has 8 nitrogen and oxygen atoms in total. The number of nitrogens with one attached hydrogen (secondary N) is 3. The van der Waals surface area contributed by atoms with E-state index in [1.807, 2.05) is 19.1 Å². The van der Waals surface area contributed by atoms with E-state index in [4.69, 9.17) is 21.1 Å². The van der Waals surface area contributed by atoms with Crippen LogP contribution in [0.25, 0.3) is 6.08 Å². The van der Waals surface area contributed by atoms with Gasteiger partial charge in [0.1, 0.15) is 5.70 Å². The zero-order chi connectivity index (χ0) is 31.6. The molecule has 10 heteroatoms. The number of para-hydroxylation sites is 1. The topological polar surface area (TPSA) is 106 Å². The molecule has 0 heterocycles. The van der Waals surface area contributed by atoms with Gasteiger partial charge >= 0.3 is 0 Å². The number of carbonyl (C=O) groups is 3. The predicted molar refractivity (Wildman–Crippen MR) is 177 cm³/mol. The first kappa shape index (κ1) is 32.2. The van der Waals surface area contributed by atoms with Crippen molar-refractivity contribution in [3.63, 3.8) is 0 Å². The van der Waals surface area contributed by atoms with Gasteiger partial charge in [-0.3, -0.25) is 14.4 Å². The summed E-state index contributed by atoms with van der Waals surface area (Å²) in [6.07, 6.45) is 1.53. The van der Waals surface area contributed by atoms with Crippen molar-refractivity contribution < 1.29 is 23.9 Å². The lowest BCUT2D eigenvalue weighted by Crippen LogP contribution is -2.30. The number of rotatable bonds is 11. The number of thioether (sulfide) groups is 1. The van der Waals surface area contributed by atoms with Crippen molar-refractivity contribution in [2.75, 3.05) is 24.9 Å². The van der Waals surface area contributed by atoms with Crippen LogP contribution < -0.4 is 25.4 Å². The van der Waals surface area contributed by atoms with Gasteiger partial charge in [-0.25, -0.2) is 0 Å². The first-order valence-electron chi connectivity index (χ1n) is 13.6. The Morgan fingerprint density at radius 2 is 1.57 bits per heavy atom. The molecular formula is C34H32ClN3O5S. The third-order valence-electron chi connectivity index (χ3n) is 6.48. The van der Waals surface area contributed by atoms with Crippen molar-refractivity contribution in [1.29, 1.82) is 0 Å². The van der Waals surface area contributed by atoms with Crippen molar-refractivity contribution in [2.45, 2.75) is 24.0 Å². The number of anilines is 2. The molecule has 1 unspecified atom stereocenters. The second kappa shape index (κ2) is 15.1. The number of carbonyl (C=O) groups excluding carboxylic acids is 3. The molecular weight excluding hydrogens is 598 g/mol. The lowest BCUT2D eigenvalue weighted by molar-refractivity contribution is -0.115. The maximum absolute atomic E-state index is 13.6. The number of amides is 3. The maximum atomic E-state index is 13.6. The number of ether oxygens (including phenoxy) is 2. The van der Waals surface area contributed by atoms with E-state index in [-0.39, 0.29) is 11.6 Å². The fraction of sp³-hybridized carbons (Fsp3) is 0.147. The molecule has 4 aromatic carbocycles. The normalized spacial score (nSPS) is 11.7. The van der Waals surface area contributed by atoms with E-state index in [2.05, 4.69) is 16.0 Å². The van der Waals surface area contributed by atoms with E-state index in [0.717, 1.165) is 10.5 Å². The van der Waals surface area contributed by atoms with Crippen molar-refractivity contribution in [2.24, 2.45) is 0 Å². The van der Waals surface area contributed by atoms with Gasteiger partial charge in [-0.1, -0.05) is 54.1 Å². The van der Waals surface area contributed by atoms with Crippen molar-refractivity contribution in [3.8, 4) is 11.5 Å². The van der Waals surface area contributed by atoms with Crippen LogP contribution in [0.15, 0.2) is 102 Å². The second-order valence-electron chi connectivity index (χ2n) is 9.66. The summed E-state index contributed by atoms with van der Waals surface area (Å²) < 4.78 is 10.9. The quantitative estimate of drug-likeness (QED) is 0.120. The van der Waals surface area contributed by atoms with Gasteiger partial charge in [0.15, 0.2) is 11.5 Å². The summed E-state index contributed by atoms with van der Waals surface area (Å²) in [5.74, 6) is -0.307. The molecule has 0 saturated heterocycles. The molecule has 0 aliphatic rings. The minimum absolute atomic E-state index is 0.00651. The SMILES string of the molecule is COc1cccc(/C=C(/NC(=O)c2ccccc2)C(=O)Nc2cccc(SC(C)C(=O)Nc3ccc(C)c(Cl)c3)c2)c1OC. The third kappa shape index (κ3) is 8.43. The van der Waals surface area contributed by atoms with Crippen LogP contribution in [0.3, 0.4) is 0 Å². The largest absolute Gasteiger partial charge is 0.493 e. The van der Waals surface area contributed by atoms with Gasteiger partial charge in [-0.2, -0.15) is 0 Å².